The minimum atomic E-state index is 0.0163. The molecule has 1 rings (SSSR count). The van der Waals surface area contributed by atoms with Gasteiger partial charge in [-0.3, -0.25) is 4.79 Å². The van der Waals surface area contributed by atoms with E-state index in [4.69, 9.17) is 0 Å². The Bertz CT molecular complexity index is 553. The van der Waals surface area contributed by atoms with Crippen molar-refractivity contribution in [3.63, 3.8) is 0 Å². The number of allylic oxidation sites excluding steroid dienone is 2. The molecular formula is C22H38N2O. The Hall–Kier alpha value is -1.61. The summed E-state index contributed by atoms with van der Waals surface area (Å²) in [7, 11) is 0. The van der Waals surface area contributed by atoms with E-state index in [2.05, 4.69) is 51.8 Å². The summed E-state index contributed by atoms with van der Waals surface area (Å²) < 4.78 is 0. The van der Waals surface area contributed by atoms with Crippen molar-refractivity contribution in [1.29, 1.82) is 0 Å². The van der Waals surface area contributed by atoms with Crippen molar-refractivity contribution in [2.45, 2.75) is 61.8 Å². The van der Waals surface area contributed by atoms with Crippen LogP contribution in [0.25, 0.3) is 5.57 Å². The number of benzene rings is 1. The zero-order chi connectivity index (χ0) is 19.4. The van der Waals surface area contributed by atoms with Crippen LogP contribution in [0.4, 0.5) is 0 Å². The van der Waals surface area contributed by atoms with E-state index in [-0.39, 0.29) is 5.91 Å². The number of nitrogens with zero attached hydrogens (tertiary/aromatic N) is 1. The molecule has 1 N–H and O–H groups in total. The number of rotatable bonds is 8. The molecule has 0 unspecified atom stereocenters. The number of amides is 1. The highest BCUT2D eigenvalue weighted by Gasteiger charge is 2.11. The van der Waals surface area contributed by atoms with Gasteiger partial charge in [-0.05, 0) is 69.1 Å². The predicted octanol–water partition coefficient (Wildman–Crippen LogP) is 5.30. The van der Waals surface area contributed by atoms with Crippen LogP contribution < -0.4 is 5.32 Å². The van der Waals surface area contributed by atoms with E-state index in [0.717, 1.165) is 31.6 Å². The van der Waals surface area contributed by atoms with Crippen LogP contribution in [0.1, 0.15) is 76.4 Å². The summed E-state index contributed by atoms with van der Waals surface area (Å²) in [6.45, 7) is 20.4. The van der Waals surface area contributed by atoms with Crippen LogP contribution in [-0.4, -0.2) is 37.0 Å². The third-order valence-corrected chi connectivity index (χ3v) is 4.39. The van der Waals surface area contributed by atoms with Crippen LogP contribution >= 0.6 is 0 Å². The first-order chi connectivity index (χ1) is 11.9. The average molecular weight is 347 g/mol. The molecule has 25 heavy (non-hydrogen) atoms. The van der Waals surface area contributed by atoms with Gasteiger partial charge < -0.3 is 10.2 Å². The zero-order valence-corrected chi connectivity index (χ0v) is 17.6. The van der Waals surface area contributed by atoms with Gasteiger partial charge in [0.15, 0.2) is 0 Å². The standard InChI is InChI=1S/C20H32N2O.C2H6/c1-7-18(15(4)5)19-14-17(11-10-16(19)6)20(23)21-12-13-22(8-2)9-3;1-2/h10-11,14H,7-9,12-13H2,1-6H3,(H,21,23);1-2H3. The normalized spacial score (nSPS) is 10.1. The molecule has 0 heterocycles. The van der Waals surface area contributed by atoms with Crippen LogP contribution in [0.3, 0.4) is 0 Å². The molecule has 0 bridgehead atoms. The van der Waals surface area contributed by atoms with Crippen molar-refractivity contribution in [2.24, 2.45) is 0 Å². The van der Waals surface area contributed by atoms with Crippen LogP contribution in [0.2, 0.25) is 0 Å². The molecule has 142 valence electrons. The molecule has 0 aliphatic carbocycles. The maximum absolute atomic E-state index is 12.4. The second-order valence-electron chi connectivity index (χ2n) is 6.14. The third kappa shape index (κ3) is 7.43. The minimum Gasteiger partial charge on any atom is -0.351 e. The van der Waals surface area contributed by atoms with E-state index in [1.807, 2.05) is 32.0 Å². The first kappa shape index (κ1) is 23.4. The Balaban J connectivity index is 0.00000277. The summed E-state index contributed by atoms with van der Waals surface area (Å²) in [5, 5.41) is 3.03. The number of likely N-dealkylation sites (N-methyl/N-ethyl adjacent to an activating group) is 1. The van der Waals surface area contributed by atoms with E-state index >= 15 is 0 Å². The highest BCUT2D eigenvalue weighted by molar-refractivity contribution is 5.95. The second-order valence-corrected chi connectivity index (χ2v) is 6.14. The molecule has 3 heteroatoms. The van der Waals surface area contributed by atoms with Gasteiger partial charge in [0.1, 0.15) is 0 Å². The highest BCUT2D eigenvalue weighted by Crippen LogP contribution is 2.26. The van der Waals surface area contributed by atoms with Gasteiger partial charge in [-0.2, -0.15) is 0 Å². The van der Waals surface area contributed by atoms with Crippen molar-refractivity contribution in [3.8, 4) is 0 Å². The van der Waals surface area contributed by atoms with E-state index in [1.165, 1.54) is 22.3 Å². The molecule has 1 aromatic carbocycles. The van der Waals surface area contributed by atoms with E-state index in [0.29, 0.717) is 6.54 Å². The summed E-state index contributed by atoms with van der Waals surface area (Å²) in [4.78, 5) is 14.7. The zero-order valence-electron chi connectivity index (χ0n) is 17.6. The fourth-order valence-corrected chi connectivity index (χ4v) is 2.87. The SMILES string of the molecule is CC.CCC(=C(C)C)c1cc(C(=O)NCCN(CC)CC)ccc1C. The van der Waals surface area contributed by atoms with Crippen LogP contribution in [0, 0.1) is 6.92 Å². The lowest BCUT2D eigenvalue weighted by atomic mass is 9.93. The smallest absolute Gasteiger partial charge is 0.251 e. The number of aryl methyl sites for hydroxylation is 1. The second kappa shape index (κ2) is 12.7. The third-order valence-electron chi connectivity index (χ3n) is 4.39. The molecule has 3 nitrogen and oxygen atoms in total. The fourth-order valence-electron chi connectivity index (χ4n) is 2.87. The number of carbonyl (C=O) groups is 1. The quantitative estimate of drug-likeness (QED) is 0.693. The Labute approximate surface area is 155 Å². The van der Waals surface area contributed by atoms with Gasteiger partial charge in [-0.25, -0.2) is 0 Å². The lowest BCUT2D eigenvalue weighted by molar-refractivity contribution is 0.0949. The molecule has 1 aromatic rings. The lowest BCUT2D eigenvalue weighted by Gasteiger charge is -2.18. The van der Waals surface area contributed by atoms with Gasteiger partial charge >= 0.3 is 0 Å². The number of carbonyl (C=O) groups excluding carboxylic acids is 1. The summed E-state index contributed by atoms with van der Waals surface area (Å²) in [6.07, 6.45) is 0.982. The first-order valence-electron chi connectivity index (χ1n) is 9.72. The first-order valence-corrected chi connectivity index (χ1v) is 9.72. The summed E-state index contributed by atoms with van der Waals surface area (Å²) >= 11 is 0. The monoisotopic (exact) mass is 346 g/mol. The van der Waals surface area contributed by atoms with Crippen LogP contribution in [-0.2, 0) is 0 Å². The maximum Gasteiger partial charge on any atom is 0.251 e. The molecule has 1 amide bonds. The van der Waals surface area contributed by atoms with Crippen molar-refractivity contribution >= 4 is 11.5 Å². The van der Waals surface area contributed by atoms with E-state index in [1.54, 1.807) is 0 Å². The maximum atomic E-state index is 12.4. The van der Waals surface area contributed by atoms with Gasteiger partial charge in [0.25, 0.3) is 5.91 Å². The molecule has 0 radical (unpaired) electrons. The predicted molar refractivity (Wildman–Crippen MR) is 111 cm³/mol. The topological polar surface area (TPSA) is 32.3 Å². The largest absolute Gasteiger partial charge is 0.351 e. The lowest BCUT2D eigenvalue weighted by Crippen LogP contribution is -2.34. The molecular weight excluding hydrogens is 308 g/mol. The van der Waals surface area contributed by atoms with Crippen molar-refractivity contribution in [2.75, 3.05) is 26.2 Å². The molecule has 0 atom stereocenters. The van der Waals surface area contributed by atoms with E-state index < -0.39 is 0 Å². The minimum absolute atomic E-state index is 0.0163. The van der Waals surface area contributed by atoms with Crippen LogP contribution in [0.15, 0.2) is 23.8 Å². The average Bonchev–Trinajstić information content (AvgIpc) is 2.62. The highest BCUT2D eigenvalue weighted by atomic mass is 16.1. The van der Waals surface area contributed by atoms with Crippen molar-refractivity contribution in [3.05, 3.63) is 40.5 Å². The number of hydrogen-bond acceptors (Lipinski definition) is 2. The molecule has 0 spiro atoms. The molecule has 0 saturated heterocycles. The fraction of sp³-hybridized carbons (Fsp3) is 0.591. The van der Waals surface area contributed by atoms with E-state index in [9.17, 15) is 4.79 Å². The Morgan fingerprint density at radius 3 is 2.16 bits per heavy atom. The van der Waals surface area contributed by atoms with Crippen molar-refractivity contribution in [1.82, 2.24) is 10.2 Å². The van der Waals surface area contributed by atoms with Crippen LogP contribution in [0.5, 0.6) is 0 Å². The summed E-state index contributed by atoms with van der Waals surface area (Å²) in [5.41, 5.74) is 5.82. The summed E-state index contributed by atoms with van der Waals surface area (Å²) in [5.74, 6) is 0.0163. The molecule has 0 aromatic heterocycles. The molecule has 0 fully saturated rings. The number of hydrogen-bond donors (Lipinski definition) is 1. The van der Waals surface area contributed by atoms with Gasteiger partial charge in [0.05, 0.1) is 0 Å². The Morgan fingerprint density at radius 2 is 1.68 bits per heavy atom. The summed E-state index contributed by atoms with van der Waals surface area (Å²) in [6, 6.07) is 6.00. The van der Waals surface area contributed by atoms with Gasteiger partial charge in [-0.1, -0.05) is 46.3 Å². The van der Waals surface area contributed by atoms with Gasteiger partial charge in [0, 0.05) is 18.7 Å². The number of nitrogens with one attached hydrogen (secondary N) is 1. The molecule has 0 aliphatic rings. The van der Waals surface area contributed by atoms with Crippen molar-refractivity contribution < 1.29 is 4.79 Å². The Morgan fingerprint density at radius 1 is 1.08 bits per heavy atom. The molecule has 0 saturated carbocycles. The van der Waals surface area contributed by atoms with Gasteiger partial charge in [-0.15, -0.1) is 0 Å². The Kier molecular flexibility index (Phi) is 11.9. The molecule has 0 aliphatic heterocycles. The van der Waals surface area contributed by atoms with Gasteiger partial charge in [0.2, 0.25) is 0 Å².